The van der Waals surface area contributed by atoms with Crippen molar-refractivity contribution in [3.05, 3.63) is 59.8 Å². The van der Waals surface area contributed by atoms with Crippen LogP contribution in [0.2, 0.25) is 0 Å². The van der Waals surface area contributed by atoms with E-state index in [1.54, 1.807) is 0 Å². The zero-order valence-corrected chi connectivity index (χ0v) is 12.2. The minimum atomic E-state index is 0.227. The normalized spacial score (nSPS) is 14.8. The average Bonchev–Trinajstić information content (AvgIpc) is 2.23. The van der Waals surface area contributed by atoms with Gasteiger partial charge < -0.3 is 0 Å². The fourth-order valence-corrected chi connectivity index (χ4v) is 1.05. The van der Waals surface area contributed by atoms with E-state index in [4.69, 9.17) is 0 Å². The first-order chi connectivity index (χ1) is 7.68. The molecule has 0 saturated heterocycles. The van der Waals surface area contributed by atoms with Gasteiger partial charge in [0.1, 0.15) is 0 Å². The van der Waals surface area contributed by atoms with Crippen LogP contribution in [-0.4, -0.2) is 0 Å². The summed E-state index contributed by atoms with van der Waals surface area (Å²) in [5.74, 6) is 0. The van der Waals surface area contributed by atoms with Crippen LogP contribution in [0, 0.1) is 5.41 Å². The molecule has 0 aromatic heterocycles. The van der Waals surface area contributed by atoms with Crippen molar-refractivity contribution in [2.75, 3.05) is 0 Å². The van der Waals surface area contributed by atoms with E-state index in [0.717, 1.165) is 11.1 Å². The predicted molar refractivity (Wildman–Crippen MR) is 80.1 cm³/mol. The van der Waals surface area contributed by atoms with Crippen LogP contribution in [0.5, 0.6) is 0 Å². The fraction of sp³-hybridized carbons (Fsp3) is 0.412. The summed E-state index contributed by atoms with van der Waals surface area (Å²) in [6.07, 6.45) is 8.21. The molecule has 0 nitrogen and oxygen atoms in total. The van der Waals surface area contributed by atoms with Gasteiger partial charge in [0.2, 0.25) is 0 Å². The van der Waals surface area contributed by atoms with Crippen LogP contribution in [0.4, 0.5) is 0 Å². The molecule has 17 heavy (non-hydrogen) atoms. The van der Waals surface area contributed by atoms with E-state index in [0.29, 0.717) is 0 Å². The highest BCUT2D eigenvalue weighted by Gasteiger charge is 2.11. The third kappa shape index (κ3) is 6.11. The molecular weight excluding hydrogens is 204 g/mol. The van der Waals surface area contributed by atoms with Gasteiger partial charge in [0, 0.05) is 0 Å². The number of hydrogen-bond donors (Lipinski definition) is 0. The Morgan fingerprint density at radius 3 is 1.94 bits per heavy atom. The van der Waals surface area contributed by atoms with Crippen molar-refractivity contribution >= 4 is 0 Å². The molecule has 0 aromatic rings. The topological polar surface area (TPSA) is 0 Å². The summed E-state index contributed by atoms with van der Waals surface area (Å²) in [5, 5.41) is 0. The maximum absolute atomic E-state index is 4.06. The Hall–Kier alpha value is -1.30. The lowest BCUT2D eigenvalue weighted by atomic mass is 9.87. The quantitative estimate of drug-likeness (QED) is 0.550. The minimum Gasteiger partial charge on any atom is -0.0988 e. The van der Waals surface area contributed by atoms with Crippen LogP contribution in [0.25, 0.3) is 0 Å². The third-order valence-corrected chi connectivity index (χ3v) is 3.00. The SMILES string of the molecule is C=CC(C)=CC(=C)C(C)=CC=C(C)C(C)(C)C. The second-order valence-electron chi connectivity index (χ2n) is 5.57. The Kier molecular flexibility index (Phi) is 5.95. The zero-order valence-electron chi connectivity index (χ0n) is 12.2. The lowest BCUT2D eigenvalue weighted by Gasteiger charge is -2.18. The van der Waals surface area contributed by atoms with E-state index >= 15 is 0 Å². The van der Waals surface area contributed by atoms with Crippen LogP contribution in [0.15, 0.2) is 59.8 Å². The maximum Gasteiger partial charge on any atom is -0.0173 e. The van der Waals surface area contributed by atoms with Crippen LogP contribution in [0.3, 0.4) is 0 Å². The van der Waals surface area contributed by atoms with E-state index in [1.165, 1.54) is 11.1 Å². The van der Waals surface area contributed by atoms with Crippen molar-refractivity contribution in [2.24, 2.45) is 5.41 Å². The molecule has 0 heterocycles. The molecule has 0 unspecified atom stereocenters. The Labute approximate surface area is 107 Å². The van der Waals surface area contributed by atoms with Gasteiger partial charge in [-0.2, -0.15) is 0 Å². The molecular formula is C17H26. The molecule has 0 atom stereocenters. The monoisotopic (exact) mass is 230 g/mol. The summed E-state index contributed by atoms with van der Waals surface area (Å²) in [4.78, 5) is 0. The van der Waals surface area contributed by atoms with Gasteiger partial charge in [-0.15, -0.1) is 0 Å². The largest absolute Gasteiger partial charge is 0.0988 e. The molecule has 0 aliphatic heterocycles. The summed E-state index contributed by atoms with van der Waals surface area (Å²) >= 11 is 0. The van der Waals surface area contributed by atoms with Crippen LogP contribution in [-0.2, 0) is 0 Å². The van der Waals surface area contributed by atoms with Gasteiger partial charge in [-0.05, 0) is 37.3 Å². The highest BCUT2D eigenvalue weighted by Crippen LogP contribution is 2.24. The first-order valence-electron chi connectivity index (χ1n) is 6.04. The Morgan fingerprint density at radius 2 is 1.53 bits per heavy atom. The summed E-state index contributed by atoms with van der Waals surface area (Å²) in [6, 6.07) is 0. The van der Waals surface area contributed by atoms with Crippen molar-refractivity contribution in [1.29, 1.82) is 0 Å². The molecule has 0 spiro atoms. The fourth-order valence-electron chi connectivity index (χ4n) is 1.05. The highest BCUT2D eigenvalue weighted by atomic mass is 14.2. The molecule has 0 amide bonds. The first-order valence-corrected chi connectivity index (χ1v) is 6.04. The van der Waals surface area contributed by atoms with Crippen LogP contribution < -0.4 is 0 Å². The van der Waals surface area contributed by atoms with Gasteiger partial charge in [0.05, 0.1) is 0 Å². The standard InChI is InChI=1S/C17H26/c1-9-13(2)12-15(4)14(3)10-11-16(5)17(6,7)8/h9-12H,1,4H2,2-3,5-8H3. The predicted octanol–water partition coefficient (Wildman–Crippen LogP) is 5.61. The van der Waals surface area contributed by atoms with Gasteiger partial charge in [-0.1, -0.05) is 69.4 Å². The van der Waals surface area contributed by atoms with Crippen molar-refractivity contribution < 1.29 is 0 Å². The van der Waals surface area contributed by atoms with E-state index < -0.39 is 0 Å². The van der Waals surface area contributed by atoms with E-state index in [2.05, 4.69) is 66.0 Å². The molecule has 0 rings (SSSR count). The van der Waals surface area contributed by atoms with E-state index in [-0.39, 0.29) is 5.41 Å². The minimum absolute atomic E-state index is 0.227. The molecule has 0 fully saturated rings. The lowest BCUT2D eigenvalue weighted by molar-refractivity contribution is 0.504. The average molecular weight is 230 g/mol. The molecule has 0 aliphatic rings. The summed E-state index contributed by atoms with van der Waals surface area (Å²) in [7, 11) is 0. The second-order valence-corrected chi connectivity index (χ2v) is 5.57. The van der Waals surface area contributed by atoms with Gasteiger partial charge >= 0.3 is 0 Å². The summed E-state index contributed by atoms with van der Waals surface area (Å²) < 4.78 is 0. The van der Waals surface area contributed by atoms with E-state index in [1.807, 2.05) is 13.0 Å². The molecule has 0 bridgehead atoms. The molecule has 0 N–H and O–H groups in total. The Balaban J connectivity index is 4.90. The van der Waals surface area contributed by atoms with Crippen LogP contribution in [0.1, 0.15) is 41.5 Å². The highest BCUT2D eigenvalue weighted by molar-refractivity contribution is 5.41. The first kappa shape index (κ1) is 15.7. The van der Waals surface area contributed by atoms with Gasteiger partial charge in [-0.3, -0.25) is 0 Å². The van der Waals surface area contributed by atoms with Crippen LogP contribution >= 0.6 is 0 Å². The van der Waals surface area contributed by atoms with E-state index in [9.17, 15) is 0 Å². The van der Waals surface area contributed by atoms with Crippen molar-refractivity contribution in [3.8, 4) is 0 Å². The van der Waals surface area contributed by atoms with Crippen molar-refractivity contribution in [1.82, 2.24) is 0 Å². The molecule has 0 aliphatic carbocycles. The van der Waals surface area contributed by atoms with Gasteiger partial charge in [0.25, 0.3) is 0 Å². The van der Waals surface area contributed by atoms with Gasteiger partial charge in [-0.25, -0.2) is 0 Å². The second kappa shape index (κ2) is 6.44. The molecule has 0 radical (unpaired) electrons. The maximum atomic E-state index is 4.06. The molecule has 0 aromatic carbocycles. The summed E-state index contributed by atoms with van der Waals surface area (Å²) in [5.41, 5.74) is 4.97. The summed E-state index contributed by atoms with van der Waals surface area (Å²) in [6.45, 7) is 20.7. The lowest BCUT2D eigenvalue weighted by Crippen LogP contribution is -2.05. The molecule has 0 heteroatoms. The van der Waals surface area contributed by atoms with Gasteiger partial charge in [0.15, 0.2) is 0 Å². The zero-order chi connectivity index (χ0) is 13.6. The van der Waals surface area contributed by atoms with Crippen molar-refractivity contribution in [3.63, 3.8) is 0 Å². The molecule has 94 valence electrons. The number of rotatable bonds is 4. The number of allylic oxidation sites excluding steroid dienone is 8. The molecule has 0 saturated carbocycles. The smallest absolute Gasteiger partial charge is 0.0173 e. The Bertz CT molecular complexity index is 379. The van der Waals surface area contributed by atoms with Crippen molar-refractivity contribution in [2.45, 2.75) is 41.5 Å². The Morgan fingerprint density at radius 1 is 1.00 bits per heavy atom. The number of hydrogen-bond acceptors (Lipinski definition) is 0. The third-order valence-electron chi connectivity index (χ3n) is 3.00.